The van der Waals surface area contributed by atoms with Gasteiger partial charge in [0.2, 0.25) is 0 Å². The van der Waals surface area contributed by atoms with Crippen LogP contribution in [0.4, 0.5) is 9.93 Å². The molecule has 3 amide bonds. The van der Waals surface area contributed by atoms with Crippen molar-refractivity contribution in [3.05, 3.63) is 49.4 Å². The number of nitrogens with one attached hydrogen (secondary N) is 2. The Morgan fingerprint density at radius 3 is 2.69 bits per heavy atom. The van der Waals surface area contributed by atoms with Crippen molar-refractivity contribution in [2.75, 3.05) is 12.4 Å². The minimum Gasteiger partial charge on any atom is -0.336 e. The normalized spacial score (nSPS) is 10.8. The van der Waals surface area contributed by atoms with Crippen LogP contribution in [-0.4, -0.2) is 38.7 Å². The number of thiophene rings is 1. The van der Waals surface area contributed by atoms with E-state index in [-0.39, 0.29) is 11.9 Å². The Morgan fingerprint density at radius 2 is 2.07 bits per heavy atom. The third-order valence-corrected chi connectivity index (χ3v) is 6.33. The monoisotopic (exact) mass is 452 g/mol. The first-order valence-corrected chi connectivity index (χ1v) is 10.8. The van der Waals surface area contributed by atoms with Crippen molar-refractivity contribution >= 4 is 51.3 Å². The molecule has 8 nitrogen and oxygen atoms in total. The number of hydrogen-bond acceptors (Lipinski definition) is 6. The number of thiazole rings is 1. The maximum atomic E-state index is 12.8. The highest BCUT2D eigenvalue weighted by molar-refractivity contribution is 7.16. The van der Waals surface area contributed by atoms with E-state index in [9.17, 15) is 9.59 Å². The molecule has 3 heterocycles. The molecule has 0 atom stereocenters. The van der Waals surface area contributed by atoms with Crippen molar-refractivity contribution in [2.24, 2.45) is 7.05 Å². The van der Waals surface area contributed by atoms with Gasteiger partial charge in [0.15, 0.2) is 5.13 Å². The van der Waals surface area contributed by atoms with Crippen molar-refractivity contribution in [3.8, 4) is 0 Å². The van der Waals surface area contributed by atoms with Crippen LogP contribution in [-0.2, 0) is 20.1 Å². The predicted molar refractivity (Wildman–Crippen MR) is 116 cm³/mol. The molecule has 0 saturated heterocycles. The zero-order valence-corrected chi connectivity index (χ0v) is 18.8. The fourth-order valence-electron chi connectivity index (χ4n) is 2.78. The molecule has 3 rings (SSSR count). The number of aryl methyl sites for hydroxylation is 2. The molecule has 0 aliphatic heterocycles. The highest BCUT2D eigenvalue weighted by Crippen LogP contribution is 2.21. The smallest absolute Gasteiger partial charge is 0.321 e. The number of halogens is 1. The summed E-state index contributed by atoms with van der Waals surface area (Å²) in [5.74, 6) is -0.108. The molecule has 0 unspecified atom stereocenters. The number of carbonyl (C=O) groups is 2. The maximum Gasteiger partial charge on any atom is 0.321 e. The lowest BCUT2D eigenvalue weighted by atomic mass is 10.1. The summed E-state index contributed by atoms with van der Waals surface area (Å²) in [5, 5.41) is 12.0. The van der Waals surface area contributed by atoms with Gasteiger partial charge in [-0.3, -0.25) is 14.8 Å². The van der Waals surface area contributed by atoms with Crippen LogP contribution >= 0.6 is 34.3 Å². The van der Waals surface area contributed by atoms with Crippen molar-refractivity contribution in [1.82, 2.24) is 25.0 Å². The van der Waals surface area contributed by atoms with Crippen LogP contribution in [0.25, 0.3) is 0 Å². The quantitative estimate of drug-likeness (QED) is 0.595. The van der Waals surface area contributed by atoms with Crippen molar-refractivity contribution in [3.63, 3.8) is 0 Å². The molecular weight excluding hydrogens is 432 g/mol. The zero-order valence-electron chi connectivity index (χ0n) is 16.4. The van der Waals surface area contributed by atoms with E-state index in [2.05, 4.69) is 20.7 Å². The van der Waals surface area contributed by atoms with E-state index in [4.69, 9.17) is 11.6 Å². The zero-order chi connectivity index (χ0) is 21.1. The molecule has 0 radical (unpaired) electrons. The van der Waals surface area contributed by atoms with E-state index in [1.54, 1.807) is 22.7 Å². The van der Waals surface area contributed by atoms with Crippen LogP contribution in [0, 0.1) is 13.8 Å². The number of nitrogens with zero attached hydrogens (tertiary/aromatic N) is 4. The summed E-state index contributed by atoms with van der Waals surface area (Å²) < 4.78 is 2.38. The summed E-state index contributed by atoms with van der Waals surface area (Å²) in [4.78, 5) is 31.8. The molecule has 0 aliphatic rings. The maximum absolute atomic E-state index is 12.8. The summed E-state index contributed by atoms with van der Waals surface area (Å²) in [5.41, 5.74) is 2.83. The molecule has 0 bridgehead atoms. The third kappa shape index (κ3) is 5.14. The van der Waals surface area contributed by atoms with Crippen molar-refractivity contribution in [2.45, 2.75) is 26.9 Å². The lowest BCUT2D eigenvalue weighted by molar-refractivity contribution is 0.0782. The number of carbonyl (C=O) groups excluding carboxylic acids is 2. The molecule has 3 aromatic rings. The first kappa shape index (κ1) is 21.3. The van der Waals surface area contributed by atoms with Crippen LogP contribution < -0.4 is 10.6 Å². The Hall–Kier alpha value is -2.43. The molecule has 3 aromatic heterocycles. The third-order valence-electron chi connectivity index (χ3n) is 4.29. The number of amides is 3. The van der Waals surface area contributed by atoms with Crippen LogP contribution in [0.15, 0.2) is 17.5 Å². The molecule has 0 aliphatic carbocycles. The van der Waals surface area contributed by atoms with Crippen molar-refractivity contribution in [1.29, 1.82) is 0 Å². The van der Waals surface area contributed by atoms with Crippen LogP contribution in [0.2, 0.25) is 4.34 Å². The van der Waals surface area contributed by atoms with E-state index in [1.165, 1.54) is 22.7 Å². The fraction of sp³-hybridized carbons (Fsp3) is 0.333. The molecule has 0 fully saturated rings. The first-order valence-electron chi connectivity index (χ1n) is 8.73. The van der Waals surface area contributed by atoms with Gasteiger partial charge in [0.25, 0.3) is 5.91 Å². The molecule has 154 valence electrons. The Morgan fingerprint density at radius 1 is 1.31 bits per heavy atom. The molecule has 29 heavy (non-hydrogen) atoms. The van der Waals surface area contributed by atoms with E-state index < -0.39 is 0 Å². The lowest BCUT2D eigenvalue weighted by Crippen LogP contribution is -2.28. The number of hydrogen-bond donors (Lipinski definition) is 2. The molecule has 2 N–H and O–H groups in total. The van der Waals surface area contributed by atoms with Gasteiger partial charge in [-0.05, 0) is 26.0 Å². The average Bonchev–Trinajstić information content (AvgIpc) is 3.34. The summed E-state index contributed by atoms with van der Waals surface area (Å²) >= 11 is 8.60. The first-order chi connectivity index (χ1) is 13.7. The second-order valence-electron chi connectivity index (χ2n) is 6.49. The predicted octanol–water partition coefficient (Wildman–Crippen LogP) is 3.80. The standard InChI is InChI=1S/C18H21ClN6O2S2/c1-10-15(11(2)25(4)23-10)16(26)24(3)8-12-9-28-18(21-12)22-17(27)20-7-13-5-6-14(19)29-13/h5-6,9H,7-8H2,1-4H3,(H2,20,21,22,27). The summed E-state index contributed by atoms with van der Waals surface area (Å²) in [6.07, 6.45) is 0. The van der Waals surface area contributed by atoms with E-state index >= 15 is 0 Å². The van der Waals surface area contributed by atoms with Gasteiger partial charge >= 0.3 is 6.03 Å². The highest BCUT2D eigenvalue weighted by atomic mass is 35.5. The number of rotatable bonds is 6. The van der Waals surface area contributed by atoms with Gasteiger partial charge in [0, 0.05) is 30.0 Å². The van der Waals surface area contributed by atoms with Gasteiger partial charge in [-0.2, -0.15) is 5.10 Å². The molecule has 0 spiro atoms. The number of urea groups is 1. The number of anilines is 1. The molecule has 0 saturated carbocycles. The van der Waals surface area contributed by atoms with Crippen LogP contribution in [0.1, 0.15) is 32.3 Å². The summed E-state index contributed by atoms with van der Waals surface area (Å²) in [6, 6.07) is 3.31. The van der Waals surface area contributed by atoms with Crippen LogP contribution in [0.5, 0.6) is 0 Å². The van der Waals surface area contributed by atoms with Gasteiger partial charge in [-0.1, -0.05) is 11.6 Å². The average molecular weight is 453 g/mol. The largest absolute Gasteiger partial charge is 0.336 e. The lowest BCUT2D eigenvalue weighted by Gasteiger charge is -2.16. The van der Waals surface area contributed by atoms with E-state index in [1.807, 2.05) is 32.3 Å². The minimum atomic E-state index is -0.346. The van der Waals surface area contributed by atoms with Gasteiger partial charge in [-0.25, -0.2) is 9.78 Å². The Kier molecular flexibility index (Phi) is 6.56. The molecule has 11 heteroatoms. The minimum absolute atomic E-state index is 0.108. The van der Waals surface area contributed by atoms with Gasteiger partial charge in [0.1, 0.15) is 0 Å². The SMILES string of the molecule is Cc1nn(C)c(C)c1C(=O)N(C)Cc1csc(NC(=O)NCc2ccc(Cl)s2)n1. The molecule has 0 aromatic carbocycles. The summed E-state index contributed by atoms with van der Waals surface area (Å²) in [6.45, 7) is 4.42. The second kappa shape index (κ2) is 8.93. The fourth-order valence-corrected chi connectivity index (χ4v) is 4.50. The van der Waals surface area contributed by atoms with Gasteiger partial charge < -0.3 is 10.2 Å². The van der Waals surface area contributed by atoms with Crippen molar-refractivity contribution < 1.29 is 9.59 Å². The highest BCUT2D eigenvalue weighted by Gasteiger charge is 2.21. The number of aromatic nitrogens is 3. The Bertz CT molecular complexity index is 1040. The summed E-state index contributed by atoms with van der Waals surface area (Å²) in [7, 11) is 3.54. The topological polar surface area (TPSA) is 92.2 Å². The van der Waals surface area contributed by atoms with E-state index in [0.29, 0.717) is 39.5 Å². The Balaban J connectivity index is 1.55. The van der Waals surface area contributed by atoms with Gasteiger partial charge in [-0.15, -0.1) is 22.7 Å². The van der Waals surface area contributed by atoms with E-state index in [0.717, 1.165) is 10.6 Å². The Labute approximate surface area is 181 Å². The van der Waals surface area contributed by atoms with Crippen LogP contribution in [0.3, 0.4) is 0 Å². The second-order valence-corrected chi connectivity index (χ2v) is 9.15. The van der Waals surface area contributed by atoms with Gasteiger partial charge in [0.05, 0.1) is 34.4 Å². The molecular formula is C18H21ClN6O2S2.